The molecule has 2 heterocycles. The van der Waals surface area contributed by atoms with Crippen molar-refractivity contribution in [3.63, 3.8) is 0 Å². The number of hydrogen-bond donors (Lipinski definition) is 2. The lowest BCUT2D eigenvalue weighted by molar-refractivity contribution is 0.112. The third kappa shape index (κ3) is 5.02. The number of rotatable bonds is 4. The molecule has 0 amide bonds. The number of H-pyrrole nitrogens is 1. The van der Waals surface area contributed by atoms with Gasteiger partial charge >= 0.3 is 0 Å². The summed E-state index contributed by atoms with van der Waals surface area (Å²) in [6, 6.07) is 13.4. The van der Waals surface area contributed by atoms with E-state index in [9.17, 15) is 4.79 Å². The van der Waals surface area contributed by atoms with Gasteiger partial charge in [0.1, 0.15) is 0 Å². The molecule has 5 heteroatoms. The SMILES string of the molecule is C1CCCCC1.O=Cc1ccncc1Nc1cc(-c2ccccc2)[nH]n1. The maximum absolute atomic E-state index is 10.9. The average Bonchev–Trinajstić information content (AvgIpc) is 3.19. The van der Waals surface area contributed by atoms with Gasteiger partial charge in [0.25, 0.3) is 0 Å². The Morgan fingerprint density at radius 1 is 0.962 bits per heavy atom. The van der Waals surface area contributed by atoms with E-state index in [-0.39, 0.29) is 0 Å². The van der Waals surface area contributed by atoms with Crippen molar-refractivity contribution in [2.75, 3.05) is 5.32 Å². The second-order valence-corrected chi connectivity index (χ2v) is 6.36. The number of pyridine rings is 1. The molecule has 2 aromatic heterocycles. The van der Waals surface area contributed by atoms with Gasteiger partial charge in [0.2, 0.25) is 0 Å². The van der Waals surface area contributed by atoms with Crippen LogP contribution in [0.15, 0.2) is 54.9 Å². The van der Waals surface area contributed by atoms with Crippen molar-refractivity contribution in [3.8, 4) is 11.3 Å². The highest BCUT2D eigenvalue weighted by Crippen LogP contribution is 2.22. The number of anilines is 2. The monoisotopic (exact) mass is 348 g/mol. The van der Waals surface area contributed by atoms with Gasteiger partial charge in [-0.1, -0.05) is 68.9 Å². The molecule has 1 aliphatic carbocycles. The fraction of sp³-hybridized carbons (Fsp3) is 0.286. The van der Waals surface area contributed by atoms with Gasteiger partial charge < -0.3 is 5.32 Å². The number of nitrogens with one attached hydrogen (secondary N) is 2. The van der Waals surface area contributed by atoms with Crippen LogP contribution in [0.25, 0.3) is 11.3 Å². The molecule has 0 aliphatic heterocycles. The standard InChI is InChI=1S/C15H12N4O.C6H12/c20-10-12-6-7-16-9-14(12)17-15-8-13(18-19-15)11-4-2-1-3-5-11;1-2-4-6-5-3-1/h1-10H,(H2,17,18,19);1-6H2. The molecule has 4 rings (SSSR count). The van der Waals surface area contributed by atoms with Crippen LogP contribution >= 0.6 is 0 Å². The fourth-order valence-corrected chi connectivity index (χ4v) is 2.96. The van der Waals surface area contributed by atoms with Crippen LogP contribution in [0.1, 0.15) is 48.9 Å². The number of carbonyl (C=O) groups is 1. The minimum absolute atomic E-state index is 0.546. The van der Waals surface area contributed by atoms with Crippen LogP contribution in [0, 0.1) is 0 Å². The zero-order valence-corrected chi connectivity index (χ0v) is 14.8. The first-order valence-corrected chi connectivity index (χ1v) is 9.14. The molecule has 1 fully saturated rings. The second kappa shape index (κ2) is 9.51. The van der Waals surface area contributed by atoms with E-state index >= 15 is 0 Å². The summed E-state index contributed by atoms with van der Waals surface area (Å²) < 4.78 is 0. The molecule has 0 unspecified atom stereocenters. The number of nitrogens with zero attached hydrogens (tertiary/aromatic N) is 2. The number of aromatic nitrogens is 3. The first-order valence-electron chi connectivity index (χ1n) is 9.14. The zero-order chi connectivity index (χ0) is 18.0. The highest BCUT2D eigenvalue weighted by Gasteiger charge is 2.06. The van der Waals surface area contributed by atoms with Crippen LogP contribution in [0.2, 0.25) is 0 Å². The second-order valence-electron chi connectivity index (χ2n) is 6.36. The normalized spacial score (nSPS) is 13.4. The van der Waals surface area contributed by atoms with Crippen molar-refractivity contribution in [1.82, 2.24) is 15.2 Å². The molecule has 3 aromatic rings. The Kier molecular flexibility index (Phi) is 6.53. The minimum Gasteiger partial charge on any atom is -0.337 e. The predicted octanol–water partition coefficient (Wildman–Crippen LogP) is 5.37. The highest BCUT2D eigenvalue weighted by atomic mass is 16.1. The van der Waals surface area contributed by atoms with Crippen LogP contribution in [0.3, 0.4) is 0 Å². The van der Waals surface area contributed by atoms with Gasteiger partial charge in [0.15, 0.2) is 12.1 Å². The first-order chi connectivity index (χ1) is 12.9. The van der Waals surface area contributed by atoms with E-state index in [1.54, 1.807) is 18.5 Å². The molecular formula is C21H24N4O. The largest absolute Gasteiger partial charge is 0.337 e. The molecule has 1 saturated carbocycles. The lowest BCUT2D eigenvalue weighted by atomic mass is 10.0. The van der Waals surface area contributed by atoms with Crippen LogP contribution in [0.4, 0.5) is 11.5 Å². The van der Waals surface area contributed by atoms with Crippen LogP contribution < -0.4 is 5.32 Å². The van der Waals surface area contributed by atoms with Crippen LogP contribution in [-0.4, -0.2) is 21.5 Å². The van der Waals surface area contributed by atoms with Gasteiger partial charge in [-0.25, -0.2) is 0 Å². The number of hydrogen-bond acceptors (Lipinski definition) is 4. The third-order valence-electron chi connectivity index (χ3n) is 4.41. The van der Waals surface area contributed by atoms with E-state index in [2.05, 4.69) is 20.5 Å². The molecular weight excluding hydrogens is 324 g/mol. The molecule has 2 N–H and O–H groups in total. The maximum atomic E-state index is 10.9. The average molecular weight is 348 g/mol. The fourth-order valence-electron chi connectivity index (χ4n) is 2.96. The van der Waals surface area contributed by atoms with E-state index in [1.165, 1.54) is 38.5 Å². The molecule has 134 valence electrons. The summed E-state index contributed by atoms with van der Waals surface area (Å²) in [5.74, 6) is 0.639. The van der Waals surface area contributed by atoms with E-state index in [0.717, 1.165) is 17.5 Å². The number of carbonyl (C=O) groups excluding carboxylic acids is 1. The summed E-state index contributed by atoms with van der Waals surface area (Å²) in [5, 5.41) is 10.2. The van der Waals surface area contributed by atoms with Crippen molar-refractivity contribution in [3.05, 3.63) is 60.4 Å². The summed E-state index contributed by atoms with van der Waals surface area (Å²) >= 11 is 0. The van der Waals surface area contributed by atoms with E-state index in [1.807, 2.05) is 36.4 Å². The molecule has 0 atom stereocenters. The quantitative estimate of drug-likeness (QED) is 0.622. The summed E-state index contributed by atoms with van der Waals surface area (Å²) in [4.78, 5) is 14.9. The Morgan fingerprint density at radius 3 is 2.31 bits per heavy atom. The van der Waals surface area contributed by atoms with Crippen molar-refractivity contribution in [2.24, 2.45) is 0 Å². The molecule has 0 bridgehead atoms. The van der Waals surface area contributed by atoms with E-state index < -0.39 is 0 Å². The van der Waals surface area contributed by atoms with E-state index in [4.69, 9.17) is 0 Å². The van der Waals surface area contributed by atoms with Gasteiger partial charge in [0.05, 0.1) is 17.6 Å². The maximum Gasteiger partial charge on any atom is 0.152 e. The summed E-state index contributed by atoms with van der Waals surface area (Å²) in [7, 11) is 0. The zero-order valence-electron chi connectivity index (χ0n) is 14.8. The van der Waals surface area contributed by atoms with Gasteiger partial charge in [-0.3, -0.25) is 14.9 Å². The summed E-state index contributed by atoms with van der Waals surface area (Å²) in [6.07, 6.45) is 13.0. The Hall–Kier alpha value is -2.95. The topological polar surface area (TPSA) is 70.7 Å². The van der Waals surface area contributed by atoms with Gasteiger partial charge in [0, 0.05) is 17.8 Å². The molecule has 5 nitrogen and oxygen atoms in total. The number of aldehydes is 1. The predicted molar refractivity (Wildman–Crippen MR) is 105 cm³/mol. The molecule has 0 spiro atoms. The van der Waals surface area contributed by atoms with Crippen LogP contribution in [-0.2, 0) is 0 Å². The van der Waals surface area contributed by atoms with Crippen LogP contribution in [0.5, 0.6) is 0 Å². The smallest absolute Gasteiger partial charge is 0.152 e. The Morgan fingerprint density at radius 2 is 1.65 bits per heavy atom. The Balaban J connectivity index is 0.000000278. The molecule has 26 heavy (non-hydrogen) atoms. The molecule has 0 saturated heterocycles. The van der Waals surface area contributed by atoms with Crippen molar-refractivity contribution < 1.29 is 4.79 Å². The minimum atomic E-state index is 0.546. The van der Waals surface area contributed by atoms with Gasteiger partial charge in [-0.15, -0.1) is 0 Å². The van der Waals surface area contributed by atoms with E-state index in [0.29, 0.717) is 17.1 Å². The molecule has 1 aliphatic rings. The molecule has 0 radical (unpaired) electrons. The number of aromatic amines is 1. The Labute approximate surface area is 153 Å². The first kappa shape index (κ1) is 17.9. The van der Waals surface area contributed by atoms with Gasteiger partial charge in [-0.05, 0) is 11.6 Å². The van der Waals surface area contributed by atoms with Crippen molar-refractivity contribution in [2.45, 2.75) is 38.5 Å². The molecule has 1 aromatic carbocycles. The highest BCUT2D eigenvalue weighted by molar-refractivity contribution is 5.85. The van der Waals surface area contributed by atoms with Gasteiger partial charge in [-0.2, -0.15) is 5.10 Å². The Bertz CT molecular complexity index is 798. The summed E-state index contributed by atoms with van der Waals surface area (Å²) in [6.45, 7) is 0. The third-order valence-corrected chi connectivity index (χ3v) is 4.41. The van der Waals surface area contributed by atoms with Crippen molar-refractivity contribution in [1.29, 1.82) is 0 Å². The lowest BCUT2D eigenvalue weighted by Gasteiger charge is -2.05. The lowest BCUT2D eigenvalue weighted by Crippen LogP contribution is -1.96. The number of benzene rings is 1. The summed E-state index contributed by atoms with van der Waals surface area (Å²) in [5.41, 5.74) is 3.14. The van der Waals surface area contributed by atoms with Crippen molar-refractivity contribution >= 4 is 17.8 Å².